The first-order valence-electron chi connectivity index (χ1n) is 14.1. The van der Waals surface area contributed by atoms with E-state index in [0.717, 1.165) is 0 Å². The van der Waals surface area contributed by atoms with Gasteiger partial charge in [0.05, 0.1) is 24.6 Å². The summed E-state index contributed by atoms with van der Waals surface area (Å²) in [5.74, 6) is -6.58. The van der Waals surface area contributed by atoms with E-state index in [4.69, 9.17) is 9.73 Å². The van der Waals surface area contributed by atoms with Crippen LogP contribution < -0.4 is 10.6 Å². The third kappa shape index (κ3) is 5.89. The molecule has 0 radical (unpaired) electrons. The maximum atomic E-state index is 15.4. The van der Waals surface area contributed by atoms with Crippen LogP contribution in [0.5, 0.6) is 0 Å². The molecule has 44 heavy (non-hydrogen) atoms. The van der Waals surface area contributed by atoms with Gasteiger partial charge >= 0.3 is 18.0 Å². The zero-order valence-corrected chi connectivity index (χ0v) is 25.4. The minimum Gasteiger partial charge on any atom is -0.480 e. The lowest BCUT2D eigenvalue weighted by Gasteiger charge is -2.32. The summed E-state index contributed by atoms with van der Waals surface area (Å²) in [7, 11) is 0. The lowest BCUT2D eigenvalue weighted by atomic mass is 9.92. The number of carboxylic acid groups (broad SMARTS) is 1. The summed E-state index contributed by atoms with van der Waals surface area (Å²) in [5, 5.41) is 17.1. The first-order valence-corrected chi connectivity index (χ1v) is 14.9. The monoisotopic (exact) mass is 634 g/mol. The van der Waals surface area contributed by atoms with Crippen molar-refractivity contribution in [2.75, 3.05) is 32.8 Å². The highest BCUT2D eigenvalue weighted by atomic mass is 32.1. The number of likely N-dealkylation sites (tertiary alicyclic amines) is 2. The van der Waals surface area contributed by atoms with E-state index in [1.165, 1.54) is 47.1 Å². The van der Waals surface area contributed by atoms with E-state index in [0.29, 0.717) is 16.4 Å². The molecule has 0 bridgehead atoms. The number of fused-ring (bicyclic) bond motifs is 1. The van der Waals surface area contributed by atoms with E-state index in [1.54, 1.807) is 31.5 Å². The molecule has 4 heterocycles. The van der Waals surface area contributed by atoms with Crippen molar-refractivity contribution in [3.05, 3.63) is 63.0 Å². The van der Waals surface area contributed by atoms with Gasteiger partial charge in [0.25, 0.3) is 5.92 Å². The predicted octanol–water partition coefficient (Wildman–Crippen LogP) is 3.32. The number of carboxylic acids is 1. The number of halogens is 3. The number of aliphatic carboxylic acids is 1. The van der Waals surface area contributed by atoms with Crippen LogP contribution in [0, 0.1) is 18.7 Å². The quantitative estimate of drug-likeness (QED) is 0.377. The van der Waals surface area contributed by atoms with Crippen LogP contribution in [-0.2, 0) is 14.3 Å². The van der Waals surface area contributed by atoms with Crippen LogP contribution in [0.3, 0.4) is 0 Å². The number of amidine groups is 1. The zero-order chi connectivity index (χ0) is 32.0. The molecule has 3 unspecified atom stereocenters. The highest BCUT2D eigenvalue weighted by molar-refractivity contribution is 7.11. The second-order valence-electron chi connectivity index (χ2n) is 11.5. The average molecular weight is 635 g/mol. The number of aliphatic imine (C=N–C) groups is 1. The van der Waals surface area contributed by atoms with Gasteiger partial charge in [-0.2, -0.15) is 0 Å². The number of carbonyl (C=O) groups excluding carboxylic acids is 2. The summed E-state index contributed by atoms with van der Waals surface area (Å²) in [4.78, 5) is 49.6. The molecule has 0 saturated carbocycles. The summed E-state index contributed by atoms with van der Waals surface area (Å²) >= 11 is 1.28. The van der Waals surface area contributed by atoms with Gasteiger partial charge in [0.2, 0.25) is 0 Å². The number of nitrogens with one attached hydrogen (secondary N) is 2. The minimum absolute atomic E-state index is 0.0385. The molecule has 11 nitrogen and oxygen atoms in total. The molecule has 2 saturated heterocycles. The molecule has 3 N–H and O–H groups in total. The van der Waals surface area contributed by atoms with Crippen molar-refractivity contribution >= 4 is 35.1 Å². The van der Waals surface area contributed by atoms with Crippen molar-refractivity contribution < 1.29 is 37.4 Å². The Hall–Kier alpha value is -3.98. The molecule has 3 atom stereocenters. The van der Waals surface area contributed by atoms with E-state index in [1.807, 2.05) is 0 Å². The molecule has 2 amide bonds. The Balaban J connectivity index is 1.52. The van der Waals surface area contributed by atoms with E-state index in [9.17, 15) is 23.9 Å². The summed E-state index contributed by atoms with van der Waals surface area (Å²) in [6, 6.07) is 1.90. The molecule has 3 aliphatic heterocycles. The van der Waals surface area contributed by atoms with Crippen molar-refractivity contribution in [3.8, 4) is 0 Å². The van der Waals surface area contributed by atoms with E-state index in [-0.39, 0.29) is 43.1 Å². The molecule has 2 fully saturated rings. The van der Waals surface area contributed by atoms with E-state index in [2.05, 4.69) is 15.6 Å². The minimum atomic E-state index is -3.17. The van der Waals surface area contributed by atoms with Gasteiger partial charge in [0.15, 0.2) is 10.8 Å². The number of benzene rings is 1. The summed E-state index contributed by atoms with van der Waals surface area (Å²) in [5.41, 5.74) is -0.599. The van der Waals surface area contributed by atoms with Crippen LogP contribution in [0.4, 0.5) is 18.0 Å². The first kappa shape index (κ1) is 31.4. The fraction of sp³-hybridized carbons (Fsp3) is 0.483. The molecule has 236 valence electrons. The summed E-state index contributed by atoms with van der Waals surface area (Å²) < 4.78 is 50.9. The second kappa shape index (κ2) is 11.8. The normalized spacial score (nSPS) is 23.2. The number of urea groups is 1. The van der Waals surface area contributed by atoms with Crippen molar-refractivity contribution in [1.82, 2.24) is 25.4 Å². The number of ether oxygens (including phenoxy) is 1. The maximum absolute atomic E-state index is 15.4. The van der Waals surface area contributed by atoms with Crippen molar-refractivity contribution in [3.63, 3.8) is 0 Å². The number of esters is 1. The largest absolute Gasteiger partial charge is 0.480 e. The Morgan fingerprint density at radius 2 is 2.02 bits per heavy atom. The lowest BCUT2D eigenvalue weighted by molar-refractivity contribution is -0.143. The van der Waals surface area contributed by atoms with Crippen molar-refractivity contribution in [2.24, 2.45) is 10.9 Å². The number of amides is 2. The number of aromatic nitrogens is 1. The topological polar surface area (TPSA) is 136 Å². The standard InChI is InChI=1S/C29H33F3N6O5S/c1-5-43-25(39)21-19(34-23(24-33-9-10-44-24)35-22(21)16-7-6-8-18(30)15(16)2)12-38-14-29(31,32)17-11-37(13-20(17)38)27(42)36-28(3,4)26(40)41/h6-10,17,20,22H,5,11-14H2,1-4H3,(H,34,35)(H,36,42)(H,40,41). The summed E-state index contributed by atoms with van der Waals surface area (Å²) in [6.07, 6.45) is 1.58. The van der Waals surface area contributed by atoms with Crippen LogP contribution in [0.2, 0.25) is 0 Å². The third-order valence-electron chi connectivity index (χ3n) is 8.18. The number of hydrogen-bond donors (Lipinski definition) is 3. The van der Waals surface area contributed by atoms with Gasteiger partial charge in [-0.15, -0.1) is 11.3 Å². The fourth-order valence-electron chi connectivity index (χ4n) is 5.78. The summed E-state index contributed by atoms with van der Waals surface area (Å²) in [6.45, 7) is 4.72. The molecule has 2 aromatic rings. The van der Waals surface area contributed by atoms with Gasteiger partial charge in [-0.05, 0) is 44.9 Å². The van der Waals surface area contributed by atoms with Crippen molar-refractivity contribution in [2.45, 2.75) is 51.2 Å². The number of hydrogen-bond acceptors (Lipinski definition) is 9. The predicted molar refractivity (Wildman–Crippen MR) is 155 cm³/mol. The molecule has 15 heteroatoms. The lowest BCUT2D eigenvalue weighted by Crippen LogP contribution is -2.54. The van der Waals surface area contributed by atoms with Gasteiger partial charge in [0, 0.05) is 43.0 Å². The van der Waals surface area contributed by atoms with Gasteiger partial charge in [0.1, 0.15) is 17.4 Å². The molecule has 1 aromatic carbocycles. The van der Waals surface area contributed by atoms with Crippen LogP contribution >= 0.6 is 11.3 Å². The second-order valence-corrected chi connectivity index (χ2v) is 12.4. The first-order chi connectivity index (χ1) is 20.7. The Morgan fingerprint density at radius 1 is 1.27 bits per heavy atom. The Morgan fingerprint density at radius 3 is 2.68 bits per heavy atom. The number of rotatable bonds is 8. The van der Waals surface area contributed by atoms with Crippen LogP contribution in [0.25, 0.3) is 0 Å². The molecule has 0 aliphatic carbocycles. The Labute approximate surface area is 255 Å². The van der Waals surface area contributed by atoms with Gasteiger partial charge in [-0.1, -0.05) is 12.1 Å². The molecule has 3 aliphatic rings. The number of alkyl halides is 2. The SMILES string of the molecule is CCOC(=O)C1=C(CN2CC(F)(F)C3CN(C(=O)NC(C)(C)C(=O)O)CC32)NC(c2nccs2)=NC1c1cccc(F)c1C. The van der Waals surface area contributed by atoms with Gasteiger partial charge in [-0.25, -0.2) is 32.5 Å². The Bertz CT molecular complexity index is 1530. The highest BCUT2D eigenvalue weighted by Crippen LogP contribution is 2.43. The molecule has 5 rings (SSSR count). The van der Waals surface area contributed by atoms with E-state index >= 15 is 8.78 Å². The highest BCUT2D eigenvalue weighted by Gasteiger charge is 2.59. The maximum Gasteiger partial charge on any atom is 0.338 e. The average Bonchev–Trinajstić information content (AvgIpc) is 3.69. The smallest absolute Gasteiger partial charge is 0.338 e. The van der Waals surface area contributed by atoms with Crippen LogP contribution in [-0.4, -0.2) is 94.0 Å². The molecular weight excluding hydrogens is 601 g/mol. The van der Waals surface area contributed by atoms with Crippen LogP contribution in [0.15, 0.2) is 46.0 Å². The molecule has 1 aromatic heterocycles. The number of thiazole rings is 1. The third-order valence-corrected chi connectivity index (χ3v) is 8.96. The van der Waals surface area contributed by atoms with Gasteiger partial charge in [-0.3, -0.25) is 9.89 Å². The number of nitrogens with zero attached hydrogens (tertiary/aromatic N) is 4. The van der Waals surface area contributed by atoms with Crippen molar-refractivity contribution in [1.29, 1.82) is 0 Å². The molecule has 0 spiro atoms. The van der Waals surface area contributed by atoms with E-state index < -0.39 is 59.8 Å². The molecular formula is C29H33F3N6O5S. The fourth-order valence-corrected chi connectivity index (χ4v) is 6.37. The van der Waals surface area contributed by atoms with Crippen LogP contribution in [0.1, 0.15) is 42.9 Å². The van der Waals surface area contributed by atoms with Gasteiger partial charge < -0.3 is 25.4 Å². The Kier molecular flexibility index (Phi) is 8.46. The number of carbonyl (C=O) groups is 3. The zero-order valence-electron chi connectivity index (χ0n) is 24.6.